The van der Waals surface area contributed by atoms with Crippen LogP contribution in [-0.4, -0.2) is 10.9 Å². The number of hydrogen-bond acceptors (Lipinski definition) is 2. The number of amides is 1. The average Bonchev–Trinajstić information content (AvgIpc) is 1.81. The Kier molecular flexibility index (Phi) is 3.95. The summed E-state index contributed by atoms with van der Waals surface area (Å²) in [5.74, 6) is -0.839. The standard InChI is InChI=1S/C6H12N2OS/c1-2-3-4(5(7)9)6(8)10/h4H,2-3H2,1H3,(H2,7,9)(H2,8,10). The monoisotopic (exact) mass is 160 g/mol. The Morgan fingerprint density at radius 1 is 1.60 bits per heavy atom. The van der Waals surface area contributed by atoms with E-state index < -0.39 is 11.8 Å². The van der Waals surface area contributed by atoms with Crippen molar-refractivity contribution in [3.05, 3.63) is 0 Å². The Bertz CT molecular complexity index is 133. The molecule has 0 aromatic heterocycles. The van der Waals surface area contributed by atoms with Crippen LogP contribution in [-0.2, 0) is 4.79 Å². The van der Waals surface area contributed by atoms with Gasteiger partial charge in [-0.05, 0) is 6.42 Å². The lowest BCUT2D eigenvalue weighted by molar-refractivity contribution is -0.120. The summed E-state index contributed by atoms with van der Waals surface area (Å²) in [6.07, 6.45) is 1.52. The zero-order chi connectivity index (χ0) is 8.15. The van der Waals surface area contributed by atoms with Crippen molar-refractivity contribution >= 4 is 23.1 Å². The lowest BCUT2D eigenvalue weighted by Gasteiger charge is -2.08. The molecule has 0 aliphatic heterocycles. The molecule has 0 aromatic rings. The predicted octanol–water partition coefficient (Wildman–Crippen LogP) is 0.174. The molecule has 0 rings (SSSR count). The van der Waals surface area contributed by atoms with E-state index >= 15 is 0 Å². The fourth-order valence-electron chi connectivity index (χ4n) is 0.713. The minimum absolute atomic E-state index is 0.203. The van der Waals surface area contributed by atoms with E-state index in [1.165, 1.54) is 0 Å². The zero-order valence-electron chi connectivity index (χ0n) is 5.96. The van der Waals surface area contributed by atoms with Crippen molar-refractivity contribution in [3.8, 4) is 0 Å². The molecule has 3 nitrogen and oxygen atoms in total. The summed E-state index contributed by atoms with van der Waals surface area (Å²) in [6, 6.07) is 0. The highest BCUT2D eigenvalue weighted by Gasteiger charge is 2.16. The van der Waals surface area contributed by atoms with Gasteiger partial charge < -0.3 is 11.5 Å². The summed E-state index contributed by atoms with van der Waals surface area (Å²) in [4.78, 5) is 10.8. The zero-order valence-corrected chi connectivity index (χ0v) is 6.78. The SMILES string of the molecule is CCCC(C(N)=O)C(N)=S. The Balaban J connectivity index is 3.98. The molecular formula is C6H12N2OS. The maximum Gasteiger partial charge on any atom is 0.227 e. The van der Waals surface area contributed by atoms with Gasteiger partial charge in [-0.15, -0.1) is 0 Å². The van der Waals surface area contributed by atoms with E-state index in [1.54, 1.807) is 0 Å². The van der Waals surface area contributed by atoms with Gasteiger partial charge in [-0.2, -0.15) is 0 Å². The van der Waals surface area contributed by atoms with E-state index in [-0.39, 0.29) is 4.99 Å². The second-order valence-corrected chi connectivity index (χ2v) is 2.62. The van der Waals surface area contributed by atoms with Crippen LogP contribution in [0, 0.1) is 5.92 Å². The van der Waals surface area contributed by atoms with E-state index in [0.29, 0.717) is 6.42 Å². The molecule has 0 bridgehead atoms. The number of hydrogen-bond donors (Lipinski definition) is 2. The van der Waals surface area contributed by atoms with Gasteiger partial charge in [0.2, 0.25) is 5.91 Å². The molecule has 10 heavy (non-hydrogen) atoms. The summed E-state index contributed by atoms with van der Waals surface area (Å²) >= 11 is 4.64. The lowest BCUT2D eigenvalue weighted by atomic mass is 10.0. The molecule has 0 saturated heterocycles. The van der Waals surface area contributed by atoms with Gasteiger partial charge in [-0.3, -0.25) is 4.79 Å². The van der Waals surface area contributed by atoms with Gasteiger partial charge in [0.05, 0.1) is 10.9 Å². The number of thiocarbonyl (C=S) groups is 1. The first kappa shape index (κ1) is 9.36. The number of rotatable bonds is 4. The molecular weight excluding hydrogens is 148 g/mol. The molecule has 0 saturated carbocycles. The van der Waals surface area contributed by atoms with Crippen molar-refractivity contribution in [1.82, 2.24) is 0 Å². The van der Waals surface area contributed by atoms with Crippen molar-refractivity contribution < 1.29 is 4.79 Å². The van der Waals surface area contributed by atoms with Crippen molar-refractivity contribution in [2.75, 3.05) is 0 Å². The van der Waals surface area contributed by atoms with E-state index in [0.717, 1.165) is 6.42 Å². The van der Waals surface area contributed by atoms with Crippen LogP contribution in [0.4, 0.5) is 0 Å². The quantitative estimate of drug-likeness (QED) is 0.576. The maximum absolute atomic E-state index is 10.6. The average molecular weight is 160 g/mol. The number of nitrogens with two attached hydrogens (primary N) is 2. The predicted molar refractivity (Wildman–Crippen MR) is 44.4 cm³/mol. The largest absolute Gasteiger partial charge is 0.393 e. The molecule has 1 unspecified atom stereocenters. The first-order valence-corrected chi connectivity index (χ1v) is 3.59. The Morgan fingerprint density at radius 3 is 2.20 bits per heavy atom. The molecule has 0 aliphatic rings. The first-order chi connectivity index (χ1) is 4.59. The third-order valence-corrected chi connectivity index (χ3v) is 1.55. The number of primary amides is 1. The number of carbonyl (C=O) groups is 1. The molecule has 0 aliphatic carbocycles. The molecule has 4 heteroatoms. The summed E-state index contributed by atoms with van der Waals surface area (Å²) < 4.78 is 0. The van der Waals surface area contributed by atoms with E-state index in [4.69, 9.17) is 11.5 Å². The fraction of sp³-hybridized carbons (Fsp3) is 0.667. The highest BCUT2D eigenvalue weighted by molar-refractivity contribution is 7.80. The minimum Gasteiger partial charge on any atom is -0.393 e. The van der Waals surface area contributed by atoms with Gasteiger partial charge in [0.25, 0.3) is 0 Å². The Morgan fingerprint density at radius 2 is 2.10 bits per heavy atom. The number of carbonyl (C=O) groups excluding carboxylic acids is 1. The van der Waals surface area contributed by atoms with E-state index in [1.807, 2.05) is 6.92 Å². The van der Waals surface area contributed by atoms with Crippen molar-refractivity contribution in [2.45, 2.75) is 19.8 Å². The molecule has 1 amide bonds. The van der Waals surface area contributed by atoms with Crippen LogP contribution in [0.2, 0.25) is 0 Å². The molecule has 0 aromatic carbocycles. The van der Waals surface area contributed by atoms with Gasteiger partial charge in [-0.25, -0.2) is 0 Å². The van der Waals surface area contributed by atoms with Crippen LogP contribution in [0.5, 0.6) is 0 Å². The second kappa shape index (κ2) is 4.22. The lowest BCUT2D eigenvalue weighted by Crippen LogP contribution is -2.33. The maximum atomic E-state index is 10.6. The molecule has 0 fully saturated rings. The second-order valence-electron chi connectivity index (χ2n) is 2.15. The Hall–Kier alpha value is -0.640. The van der Waals surface area contributed by atoms with Crippen molar-refractivity contribution in [3.63, 3.8) is 0 Å². The Labute approximate surface area is 65.8 Å². The molecule has 0 spiro atoms. The third kappa shape index (κ3) is 2.77. The molecule has 0 heterocycles. The van der Waals surface area contributed by atoms with Crippen molar-refractivity contribution in [1.29, 1.82) is 0 Å². The molecule has 0 radical (unpaired) electrons. The van der Waals surface area contributed by atoms with Crippen molar-refractivity contribution in [2.24, 2.45) is 17.4 Å². The fourth-order valence-corrected chi connectivity index (χ4v) is 0.947. The smallest absolute Gasteiger partial charge is 0.227 e. The van der Waals surface area contributed by atoms with Crippen LogP contribution < -0.4 is 11.5 Å². The summed E-state index contributed by atoms with van der Waals surface area (Å²) in [5.41, 5.74) is 10.3. The van der Waals surface area contributed by atoms with Crippen LogP contribution >= 0.6 is 12.2 Å². The van der Waals surface area contributed by atoms with Gasteiger partial charge in [0.1, 0.15) is 0 Å². The summed E-state index contributed by atoms with van der Waals surface area (Å²) in [7, 11) is 0. The van der Waals surface area contributed by atoms with Gasteiger partial charge in [-0.1, -0.05) is 25.6 Å². The van der Waals surface area contributed by atoms with Gasteiger partial charge in [0, 0.05) is 0 Å². The van der Waals surface area contributed by atoms with E-state index in [9.17, 15) is 4.79 Å². The summed E-state index contributed by atoms with van der Waals surface area (Å²) in [6.45, 7) is 1.95. The highest BCUT2D eigenvalue weighted by atomic mass is 32.1. The van der Waals surface area contributed by atoms with Crippen LogP contribution in [0.1, 0.15) is 19.8 Å². The summed E-state index contributed by atoms with van der Waals surface area (Å²) in [5, 5.41) is 0. The molecule has 1 atom stereocenters. The topological polar surface area (TPSA) is 69.1 Å². The molecule has 58 valence electrons. The van der Waals surface area contributed by atoms with Crippen LogP contribution in [0.15, 0.2) is 0 Å². The minimum atomic E-state index is -0.422. The van der Waals surface area contributed by atoms with Crippen LogP contribution in [0.3, 0.4) is 0 Å². The first-order valence-electron chi connectivity index (χ1n) is 3.18. The van der Waals surface area contributed by atoms with E-state index in [2.05, 4.69) is 12.2 Å². The van der Waals surface area contributed by atoms with Crippen LogP contribution in [0.25, 0.3) is 0 Å². The normalized spacial score (nSPS) is 12.5. The third-order valence-electron chi connectivity index (χ3n) is 1.26. The van der Waals surface area contributed by atoms with Gasteiger partial charge in [0.15, 0.2) is 0 Å². The molecule has 4 N–H and O–H groups in total. The van der Waals surface area contributed by atoms with Gasteiger partial charge >= 0.3 is 0 Å². The highest BCUT2D eigenvalue weighted by Crippen LogP contribution is 2.04.